The van der Waals surface area contributed by atoms with Gasteiger partial charge in [-0.2, -0.15) is 0 Å². The minimum absolute atomic E-state index is 0.350. The number of methoxy groups -OCH3 is 1. The molecule has 0 unspecified atom stereocenters. The summed E-state index contributed by atoms with van der Waals surface area (Å²) in [4.78, 5) is 2.63. The van der Waals surface area contributed by atoms with E-state index >= 15 is 0 Å². The van der Waals surface area contributed by atoms with Crippen LogP contribution in [0, 0.1) is 0 Å². The summed E-state index contributed by atoms with van der Waals surface area (Å²) in [7, 11) is 1.62. The van der Waals surface area contributed by atoms with E-state index in [1.54, 1.807) is 13.4 Å². The summed E-state index contributed by atoms with van der Waals surface area (Å²) in [5, 5.41) is 0. The van der Waals surface area contributed by atoms with E-state index < -0.39 is 0 Å². The van der Waals surface area contributed by atoms with Crippen LogP contribution >= 0.6 is 12.2 Å². The van der Waals surface area contributed by atoms with Crippen LogP contribution in [0.1, 0.15) is 23.8 Å². The Morgan fingerprint density at radius 3 is 2.71 bits per heavy atom. The lowest BCUT2D eigenvalue weighted by atomic mass is 10.1. The summed E-state index contributed by atoms with van der Waals surface area (Å²) in [6.45, 7) is 4.63. The Bertz CT molecular complexity index is 596. The van der Waals surface area contributed by atoms with E-state index in [2.05, 4.69) is 11.8 Å². The molecule has 0 aliphatic heterocycles. The van der Waals surface area contributed by atoms with Gasteiger partial charge in [0.05, 0.1) is 25.5 Å². The van der Waals surface area contributed by atoms with Crippen molar-refractivity contribution in [1.29, 1.82) is 0 Å². The van der Waals surface area contributed by atoms with Crippen LogP contribution in [-0.4, -0.2) is 23.5 Å². The third-order valence-corrected chi connectivity index (χ3v) is 3.56. The molecule has 2 N–H and O–H groups in total. The summed E-state index contributed by atoms with van der Waals surface area (Å²) in [5.74, 6) is 1.67. The molecule has 112 valence electrons. The lowest BCUT2D eigenvalue weighted by Crippen LogP contribution is -2.22. The van der Waals surface area contributed by atoms with Crippen molar-refractivity contribution < 1.29 is 9.15 Å². The average Bonchev–Trinajstić information content (AvgIpc) is 2.99. The molecule has 0 radical (unpaired) electrons. The number of ether oxygens (including phenoxy) is 1. The second-order valence-corrected chi connectivity index (χ2v) is 5.22. The molecule has 0 saturated heterocycles. The Kier molecular flexibility index (Phi) is 5.36. The summed E-state index contributed by atoms with van der Waals surface area (Å²) < 4.78 is 10.7. The maximum atomic E-state index is 5.75. The number of thiocarbonyl (C=S) groups is 1. The monoisotopic (exact) mass is 304 g/mol. The van der Waals surface area contributed by atoms with Gasteiger partial charge in [0.1, 0.15) is 16.5 Å². The van der Waals surface area contributed by atoms with Crippen LogP contribution in [0.25, 0.3) is 0 Å². The molecule has 0 aliphatic rings. The molecule has 0 saturated carbocycles. The standard InChI is InChI=1S/C16H20N2O2S/c1-3-18(11-13-5-4-8-20-13)10-12-6-7-15(19-2)14(9-12)16(17)21/h4-9H,3,10-11H2,1-2H3,(H2,17,21). The number of hydrogen-bond donors (Lipinski definition) is 1. The Hall–Kier alpha value is -1.85. The van der Waals surface area contributed by atoms with Crippen molar-refractivity contribution in [3.63, 3.8) is 0 Å². The molecule has 1 aromatic heterocycles. The average molecular weight is 304 g/mol. The van der Waals surface area contributed by atoms with Gasteiger partial charge in [0.2, 0.25) is 0 Å². The van der Waals surface area contributed by atoms with Gasteiger partial charge in [-0.15, -0.1) is 0 Å². The first kappa shape index (κ1) is 15.5. The Balaban J connectivity index is 2.13. The van der Waals surface area contributed by atoms with Crippen LogP contribution in [-0.2, 0) is 13.1 Å². The number of hydrogen-bond acceptors (Lipinski definition) is 4. The molecule has 2 aromatic rings. The van der Waals surface area contributed by atoms with E-state index in [4.69, 9.17) is 27.1 Å². The van der Waals surface area contributed by atoms with Gasteiger partial charge in [0.15, 0.2) is 0 Å². The molecule has 0 atom stereocenters. The van der Waals surface area contributed by atoms with Crippen LogP contribution in [0.2, 0.25) is 0 Å². The molecule has 0 bridgehead atoms. The third kappa shape index (κ3) is 4.06. The molecule has 5 heteroatoms. The first-order chi connectivity index (χ1) is 10.1. The van der Waals surface area contributed by atoms with Gasteiger partial charge < -0.3 is 14.9 Å². The third-order valence-electron chi connectivity index (χ3n) is 3.34. The van der Waals surface area contributed by atoms with Gasteiger partial charge in [-0.1, -0.05) is 25.2 Å². The predicted molar refractivity (Wildman–Crippen MR) is 87.4 cm³/mol. The fourth-order valence-corrected chi connectivity index (χ4v) is 2.37. The van der Waals surface area contributed by atoms with Crippen molar-refractivity contribution in [3.8, 4) is 5.75 Å². The van der Waals surface area contributed by atoms with Crippen LogP contribution in [0.4, 0.5) is 0 Å². The van der Waals surface area contributed by atoms with Crippen LogP contribution in [0.5, 0.6) is 5.75 Å². The second-order valence-electron chi connectivity index (χ2n) is 4.78. The molecule has 0 aliphatic carbocycles. The van der Waals surface area contributed by atoms with E-state index in [1.165, 1.54) is 0 Å². The quantitative estimate of drug-likeness (QED) is 0.797. The lowest BCUT2D eigenvalue weighted by molar-refractivity contribution is 0.247. The van der Waals surface area contributed by atoms with Gasteiger partial charge >= 0.3 is 0 Å². The summed E-state index contributed by atoms with van der Waals surface area (Å²) >= 11 is 5.08. The molecule has 4 nitrogen and oxygen atoms in total. The SMILES string of the molecule is CCN(Cc1ccc(OC)c(C(N)=S)c1)Cc1ccco1. The molecule has 0 amide bonds. The highest BCUT2D eigenvalue weighted by Gasteiger charge is 2.11. The topological polar surface area (TPSA) is 51.6 Å². The zero-order valence-electron chi connectivity index (χ0n) is 12.3. The van der Waals surface area contributed by atoms with Crippen molar-refractivity contribution in [2.45, 2.75) is 20.0 Å². The zero-order valence-corrected chi connectivity index (χ0v) is 13.2. The highest BCUT2D eigenvalue weighted by molar-refractivity contribution is 7.80. The minimum Gasteiger partial charge on any atom is -0.496 e. The van der Waals surface area contributed by atoms with Crippen LogP contribution in [0.3, 0.4) is 0 Å². The van der Waals surface area contributed by atoms with E-state index in [0.717, 1.165) is 36.5 Å². The zero-order chi connectivity index (χ0) is 15.2. The fraction of sp³-hybridized carbons (Fsp3) is 0.312. The number of benzene rings is 1. The Morgan fingerprint density at radius 1 is 1.33 bits per heavy atom. The summed E-state index contributed by atoms with van der Waals surface area (Å²) in [5.41, 5.74) is 7.68. The fourth-order valence-electron chi connectivity index (χ4n) is 2.21. The molecule has 1 aromatic carbocycles. The van der Waals surface area contributed by atoms with E-state index in [9.17, 15) is 0 Å². The molecule has 2 rings (SSSR count). The van der Waals surface area contributed by atoms with Gasteiger partial charge in [0, 0.05) is 6.54 Å². The van der Waals surface area contributed by atoms with Gasteiger partial charge in [-0.05, 0) is 36.4 Å². The second kappa shape index (κ2) is 7.24. The van der Waals surface area contributed by atoms with Crippen molar-refractivity contribution in [3.05, 3.63) is 53.5 Å². The number of nitrogens with zero attached hydrogens (tertiary/aromatic N) is 1. The van der Waals surface area contributed by atoms with Crippen LogP contribution < -0.4 is 10.5 Å². The first-order valence-corrected chi connectivity index (χ1v) is 7.26. The maximum absolute atomic E-state index is 5.75. The molecular formula is C16H20N2O2S. The minimum atomic E-state index is 0.350. The lowest BCUT2D eigenvalue weighted by Gasteiger charge is -2.20. The largest absolute Gasteiger partial charge is 0.496 e. The van der Waals surface area contributed by atoms with Crippen molar-refractivity contribution in [1.82, 2.24) is 4.90 Å². The van der Waals surface area contributed by atoms with E-state index in [0.29, 0.717) is 10.7 Å². The number of furan rings is 1. The predicted octanol–water partition coefficient (Wildman–Crippen LogP) is 2.94. The highest BCUT2D eigenvalue weighted by Crippen LogP contribution is 2.21. The first-order valence-electron chi connectivity index (χ1n) is 6.85. The Morgan fingerprint density at radius 2 is 2.14 bits per heavy atom. The number of rotatable bonds is 7. The smallest absolute Gasteiger partial charge is 0.129 e. The normalized spacial score (nSPS) is 10.8. The maximum Gasteiger partial charge on any atom is 0.129 e. The van der Waals surface area contributed by atoms with Gasteiger partial charge in [-0.25, -0.2) is 0 Å². The number of nitrogens with two attached hydrogens (primary N) is 1. The molecule has 0 spiro atoms. The van der Waals surface area contributed by atoms with Crippen molar-refractivity contribution >= 4 is 17.2 Å². The summed E-state index contributed by atoms with van der Waals surface area (Å²) in [6.07, 6.45) is 1.70. The molecular weight excluding hydrogens is 284 g/mol. The van der Waals surface area contributed by atoms with Gasteiger partial charge in [-0.3, -0.25) is 4.90 Å². The summed E-state index contributed by atoms with van der Waals surface area (Å²) in [6, 6.07) is 9.82. The van der Waals surface area contributed by atoms with Crippen LogP contribution in [0.15, 0.2) is 41.0 Å². The molecule has 21 heavy (non-hydrogen) atoms. The van der Waals surface area contributed by atoms with E-state index in [1.807, 2.05) is 30.3 Å². The Labute approximate surface area is 130 Å². The van der Waals surface area contributed by atoms with Crippen molar-refractivity contribution in [2.24, 2.45) is 5.73 Å². The molecule has 1 heterocycles. The van der Waals surface area contributed by atoms with Crippen molar-refractivity contribution in [2.75, 3.05) is 13.7 Å². The highest BCUT2D eigenvalue weighted by atomic mass is 32.1. The molecule has 0 fully saturated rings. The van der Waals surface area contributed by atoms with E-state index in [-0.39, 0.29) is 0 Å². The van der Waals surface area contributed by atoms with Gasteiger partial charge in [0.25, 0.3) is 0 Å².